The third kappa shape index (κ3) is 3.45. The smallest absolute Gasteiger partial charge is 0.237 e. The van der Waals surface area contributed by atoms with Gasteiger partial charge in [-0.05, 0) is 19.1 Å². The Labute approximate surface area is 130 Å². The normalized spacial score (nSPS) is 12.2. The Kier molecular flexibility index (Phi) is 4.91. The van der Waals surface area contributed by atoms with Crippen molar-refractivity contribution in [1.29, 1.82) is 0 Å². The van der Waals surface area contributed by atoms with Crippen LogP contribution in [0, 0.1) is 0 Å². The summed E-state index contributed by atoms with van der Waals surface area (Å²) in [6.07, 6.45) is 1.58. The van der Waals surface area contributed by atoms with Crippen molar-refractivity contribution in [3.05, 3.63) is 34.6 Å². The van der Waals surface area contributed by atoms with Gasteiger partial charge in [0.2, 0.25) is 5.91 Å². The van der Waals surface area contributed by atoms with Gasteiger partial charge in [0.15, 0.2) is 5.16 Å². The van der Waals surface area contributed by atoms with Crippen molar-refractivity contribution >= 4 is 46.6 Å². The predicted octanol–water partition coefficient (Wildman–Crippen LogP) is 3.24. The first-order chi connectivity index (χ1) is 9.49. The summed E-state index contributed by atoms with van der Waals surface area (Å²) < 4.78 is 1.75. The number of carbonyl (C=O) groups is 1. The van der Waals surface area contributed by atoms with Gasteiger partial charge in [-0.15, -0.1) is 10.2 Å². The zero-order valence-electron chi connectivity index (χ0n) is 10.8. The largest absolute Gasteiger partial charge is 0.324 e. The number of aromatic nitrogens is 3. The summed E-state index contributed by atoms with van der Waals surface area (Å²) in [5.41, 5.74) is 0.495. The minimum atomic E-state index is -0.340. The molecule has 0 aliphatic rings. The van der Waals surface area contributed by atoms with Crippen molar-refractivity contribution in [1.82, 2.24) is 14.8 Å². The molecule has 1 amide bonds. The number of thioether (sulfide) groups is 1. The van der Waals surface area contributed by atoms with E-state index in [1.54, 1.807) is 36.0 Å². The van der Waals surface area contributed by atoms with E-state index in [4.69, 9.17) is 23.2 Å². The lowest BCUT2D eigenvalue weighted by Crippen LogP contribution is -2.23. The van der Waals surface area contributed by atoms with E-state index in [1.807, 2.05) is 7.05 Å². The Morgan fingerprint density at radius 3 is 2.85 bits per heavy atom. The maximum Gasteiger partial charge on any atom is 0.237 e. The van der Waals surface area contributed by atoms with Gasteiger partial charge < -0.3 is 9.88 Å². The summed E-state index contributed by atoms with van der Waals surface area (Å²) in [6.45, 7) is 1.78. The van der Waals surface area contributed by atoms with Gasteiger partial charge in [0.25, 0.3) is 0 Å². The molecule has 0 unspecified atom stereocenters. The number of anilines is 1. The van der Waals surface area contributed by atoms with Crippen LogP contribution in [0.15, 0.2) is 29.7 Å². The molecule has 0 spiro atoms. The van der Waals surface area contributed by atoms with Crippen molar-refractivity contribution in [2.75, 3.05) is 5.32 Å². The van der Waals surface area contributed by atoms with Crippen LogP contribution >= 0.6 is 35.0 Å². The van der Waals surface area contributed by atoms with Crippen molar-refractivity contribution < 1.29 is 4.79 Å². The molecule has 1 aromatic heterocycles. The Morgan fingerprint density at radius 1 is 1.45 bits per heavy atom. The van der Waals surface area contributed by atoms with Crippen LogP contribution in [0.25, 0.3) is 0 Å². The average Bonchev–Trinajstić information content (AvgIpc) is 2.80. The lowest BCUT2D eigenvalue weighted by atomic mass is 10.3. The highest BCUT2D eigenvalue weighted by Crippen LogP contribution is 2.30. The number of hydrogen-bond donors (Lipinski definition) is 1. The van der Waals surface area contributed by atoms with Gasteiger partial charge in [0.05, 0.1) is 21.0 Å². The predicted molar refractivity (Wildman–Crippen MR) is 81.4 cm³/mol. The molecule has 5 nitrogen and oxygen atoms in total. The zero-order chi connectivity index (χ0) is 14.7. The summed E-state index contributed by atoms with van der Waals surface area (Å²) in [6, 6.07) is 5.09. The van der Waals surface area contributed by atoms with Crippen molar-refractivity contribution in [3.8, 4) is 0 Å². The number of carbonyl (C=O) groups excluding carboxylic acids is 1. The monoisotopic (exact) mass is 330 g/mol. The van der Waals surface area contributed by atoms with Crippen molar-refractivity contribution in [2.24, 2.45) is 7.05 Å². The lowest BCUT2D eigenvalue weighted by Gasteiger charge is -2.12. The Balaban J connectivity index is 2.04. The van der Waals surface area contributed by atoms with Gasteiger partial charge in [-0.1, -0.05) is 41.0 Å². The van der Waals surface area contributed by atoms with E-state index in [0.29, 0.717) is 20.9 Å². The van der Waals surface area contributed by atoms with Gasteiger partial charge in [-0.2, -0.15) is 0 Å². The second-order valence-corrected chi connectivity index (χ2v) is 6.17. The molecule has 2 rings (SSSR count). The first kappa shape index (κ1) is 15.2. The Morgan fingerprint density at radius 2 is 2.20 bits per heavy atom. The maximum atomic E-state index is 12.1. The quantitative estimate of drug-likeness (QED) is 0.874. The van der Waals surface area contributed by atoms with Gasteiger partial charge in [0.1, 0.15) is 6.33 Å². The molecule has 0 bridgehead atoms. The first-order valence-electron chi connectivity index (χ1n) is 5.74. The molecule has 20 heavy (non-hydrogen) atoms. The van der Waals surface area contributed by atoms with Crippen LogP contribution in [0.3, 0.4) is 0 Å². The molecular formula is C12H12Cl2N4OS. The summed E-state index contributed by atoms with van der Waals surface area (Å²) >= 11 is 13.2. The minimum Gasteiger partial charge on any atom is -0.324 e. The van der Waals surface area contributed by atoms with Gasteiger partial charge in [-0.25, -0.2) is 0 Å². The van der Waals surface area contributed by atoms with E-state index in [9.17, 15) is 4.79 Å². The maximum absolute atomic E-state index is 12.1. The molecule has 0 fully saturated rings. The molecule has 0 saturated heterocycles. The van der Waals surface area contributed by atoms with Gasteiger partial charge in [-0.3, -0.25) is 4.79 Å². The number of halogens is 2. The van der Waals surface area contributed by atoms with Crippen molar-refractivity contribution in [2.45, 2.75) is 17.3 Å². The molecule has 1 aromatic carbocycles. The number of aryl methyl sites for hydroxylation is 1. The molecule has 2 aromatic rings. The van der Waals surface area contributed by atoms with E-state index in [0.717, 1.165) is 0 Å². The molecule has 1 heterocycles. The highest BCUT2D eigenvalue weighted by atomic mass is 35.5. The molecule has 1 atom stereocenters. The molecule has 0 saturated carbocycles. The number of nitrogens with one attached hydrogen (secondary N) is 1. The Hall–Kier alpha value is -1.24. The summed E-state index contributed by atoms with van der Waals surface area (Å²) in [7, 11) is 1.82. The van der Waals surface area contributed by atoms with E-state index in [-0.39, 0.29) is 11.2 Å². The summed E-state index contributed by atoms with van der Waals surface area (Å²) in [5.74, 6) is -0.179. The standard InChI is InChI=1S/C12H12Cl2N4OS/c1-7(20-12-17-15-6-18(12)2)11(19)16-9-5-3-4-8(13)10(9)14/h3-7H,1-2H3,(H,16,19)/t7-/m0/s1. The van der Waals surface area contributed by atoms with Crippen LogP contribution < -0.4 is 5.32 Å². The van der Waals surface area contributed by atoms with E-state index < -0.39 is 0 Å². The van der Waals surface area contributed by atoms with E-state index >= 15 is 0 Å². The third-order valence-electron chi connectivity index (χ3n) is 2.53. The average molecular weight is 331 g/mol. The zero-order valence-corrected chi connectivity index (χ0v) is 13.1. The molecule has 0 aliphatic carbocycles. The molecular weight excluding hydrogens is 319 g/mol. The highest BCUT2D eigenvalue weighted by molar-refractivity contribution is 8.00. The molecule has 8 heteroatoms. The fourth-order valence-electron chi connectivity index (χ4n) is 1.43. The van der Waals surface area contributed by atoms with Gasteiger partial charge >= 0.3 is 0 Å². The molecule has 1 N–H and O–H groups in total. The molecule has 0 aliphatic heterocycles. The van der Waals surface area contributed by atoms with Crippen LogP contribution in [0.4, 0.5) is 5.69 Å². The second-order valence-electron chi connectivity index (χ2n) is 4.08. The van der Waals surface area contributed by atoms with Crippen LogP contribution in [0.1, 0.15) is 6.92 Å². The third-order valence-corrected chi connectivity index (χ3v) is 4.50. The second kappa shape index (κ2) is 6.47. The number of nitrogens with zero attached hydrogens (tertiary/aromatic N) is 3. The molecule has 106 valence electrons. The fourth-order valence-corrected chi connectivity index (χ4v) is 2.56. The lowest BCUT2D eigenvalue weighted by molar-refractivity contribution is -0.115. The SMILES string of the molecule is C[C@H](Sc1nncn1C)C(=O)Nc1cccc(Cl)c1Cl. The summed E-state index contributed by atoms with van der Waals surface area (Å²) in [4.78, 5) is 12.1. The van der Waals surface area contributed by atoms with Crippen LogP contribution in [-0.4, -0.2) is 25.9 Å². The number of rotatable bonds is 4. The van der Waals surface area contributed by atoms with Crippen LogP contribution in [0.2, 0.25) is 10.0 Å². The van der Waals surface area contributed by atoms with Crippen LogP contribution in [0.5, 0.6) is 0 Å². The van der Waals surface area contributed by atoms with Gasteiger partial charge in [0, 0.05) is 7.05 Å². The summed E-state index contributed by atoms with van der Waals surface area (Å²) in [5, 5.41) is 11.5. The molecule has 0 radical (unpaired) electrons. The minimum absolute atomic E-state index is 0.179. The highest BCUT2D eigenvalue weighted by Gasteiger charge is 2.18. The van der Waals surface area contributed by atoms with E-state index in [1.165, 1.54) is 11.8 Å². The topological polar surface area (TPSA) is 59.8 Å². The first-order valence-corrected chi connectivity index (χ1v) is 7.38. The van der Waals surface area contributed by atoms with E-state index in [2.05, 4.69) is 15.5 Å². The number of hydrogen-bond acceptors (Lipinski definition) is 4. The number of benzene rings is 1. The Bertz CT molecular complexity index is 632. The van der Waals surface area contributed by atoms with Crippen molar-refractivity contribution in [3.63, 3.8) is 0 Å². The fraction of sp³-hybridized carbons (Fsp3) is 0.250. The van der Waals surface area contributed by atoms with Crippen LogP contribution in [-0.2, 0) is 11.8 Å². The number of amides is 1.